The second-order valence-corrected chi connectivity index (χ2v) is 4.12. The lowest BCUT2D eigenvalue weighted by Crippen LogP contribution is -2.24. The average Bonchev–Trinajstić information content (AvgIpc) is 2.92. The first-order valence-electron chi connectivity index (χ1n) is 6.01. The van der Waals surface area contributed by atoms with E-state index in [-0.39, 0.29) is 6.04 Å². The van der Waals surface area contributed by atoms with Crippen LogP contribution in [0.2, 0.25) is 0 Å². The molecule has 0 fully saturated rings. The number of benzene rings is 1. The van der Waals surface area contributed by atoms with Gasteiger partial charge in [0.1, 0.15) is 18.1 Å². The fourth-order valence-electron chi connectivity index (χ4n) is 1.65. The summed E-state index contributed by atoms with van der Waals surface area (Å²) in [6, 6.07) is 7.26. The zero-order chi connectivity index (χ0) is 13.7. The van der Waals surface area contributed by atoms with E-state index >= 15 is 0 Å². The molecule has 1 aromatic heterocycles. The van der Waals surface area contributed by atoms with E-state index in [9.17, 15) is 8.78 Å². The van der Waals surface area contributed by atoms with E-state index in [1.54, 1.807) is 6.26 Å². The third-order valence-corrected chi connectivity index (χ3v) is 2.68. The molecule has 1 unspecified atom stereocenters. The van der Waals surface area contributed by atoms with Crippen molar-refractivity contribution in [2.75, 3.05) is 13.2 Å². The third kappa shape index (κ3) is 3.79. The third-order valence-electron chi connectivity index (χ3n) is 2.68. The molecule has 5 heteroatoms. The Morgan fingerprint density at radius 2 is 2.11 bits per heavy atom. The number of nitrogens with one attached hydrogen (secondary N) is 1. The number of furan rings is 1. The SMILES string of the molecule is CC(NCCOc1ccc(F)c(F)c1)c1ccco1. The predicted octanol–water partition coefficient (Wildman–Crippen LogP) is 3.29. The van der Waals surface area contributed by atoms with Gasteiger partial charge in [0.25, 0.3) is 0 Å². The second-order valence-electron chi connectivity index (χ2n) is 4.12. The highest BCUT2D eigenvalue weighted by Gasteiger charge is 2.07. The minimum atomic E-state index is -0.908. The Hall–Kier alpha value is -1.88. The van der Waals surface area contributed by atoms with Crippen LogP contribution in [-0.2, 0) is 0 Å². The van der Waals surface area contributed by atoms with Gasteiger partial charge in [-0.05, 0) is 31.2 Å². The standard InChI is InChI=1S/C14H15F2NO2/c1-10(14-3-2-7-19-14)17-6-8-18-11-4-5-12(15)13(16)9-11/h2-5,7,9-10,17H,6,8H2,1H3. The molecule has 102 valence electrons. The van der Waals surface area contributed by atoms with Crippen LogP contribution in [-0.4, -0.2) is 13.2 Å². The molecule has 1 aromatic carbocycles. The van der Waals surface area contributed by atoms with Crippen LogP contribution in [0.25, 0.3) is 0 Å². The van der Waals surface area contributed by atoms with E-state index in [1.807, 2.05) is 19.1 Å². The first-order chi connectivity index (χ1) is 9.16. The van der Waals surface area contributed by atoms with Crippen molar-refractivity contribution in [1.82, 2.24) is 5.32 Å². The number of hydrogen-bond donors (Lipinski definition) is 1. The first kappa shape index (κ1) is 13.5. The van der Waals surface area contributed by atoms with Crippen molar-refractivity contribution in [2.24, 2.45) is 0 Å². The van der Waals surface area contributed by atoms with Crippen molar-refractivity contribution in [3.8, 4) is 5.75 Å². The predicted molar refractivity (Wildman–Crippen MR) is 67.0 cm³/mol. The minimum Gasteiger partial charge on any atom is -0.492 e. The molecule has 2 aromatic rings. The van der Waals surface area contributed by atoms with Gasteiger partial charge in [0, 0.05) is 12.6 Å². The smallest absolute Gasteiger partial charge is 0.162 e. The van der Waals surface area contributed by atoms with Crippen molar-refractivity contribution in [2.45, 2.75) is 13.0 Å². The number of rotatable bonds is 6. The van der Waals surface area contributed by atoms with Crippen LogP contribution in [0.5, 0.6) is 5.75 Å². The lowest BCUT2D eigenvalue weighted by molar-refractivity contribution is 0.299. The van der Waals surface area contributed by atoms with Gasteiger partial charge in [-0.25, -0.2) is 8.78 Å². The second kappa shape index (κ2) is 6.33. The molecule has 2 rings (SSSR count). The molecular weight excluding hydrogens is 252 g/mol. The van der Waals surface area contributed by atoms with Gasteiger partial charge in [-0.1, -0.05) is 0 Å². The molecule has 1 heterocycles. The molecule has 1 atom stereocenters. The summed E-state index contributed by atoms with van der Waals surface area (Å²) in [7, 11) is 0. The fourth-order valence-corrected chi connectivity index (χ4v) is 1.65. The van der Waals surface area contributed by atoms with E-state index in [0.29, 0.717) is 18.9 Å². The molecule has 0 aliphatic rings. The molecule has 0 spiro atoms. The van der Waals surface area contributed by atoms with Gasteiger partial charge in [-0.15, -0.1) is 0 Å². The number of halogens is 2. The normalized spacial score (nSPS) is 12.4. The molecule has 0 bridgehead atoms. The lowest BCUT2D eigenvalue weighted by Gasteiger charge is -2.12. The minimum absolute atomic E-state index is 0.0727. The van der Waals surface area contributed by atoms with E-state index < -0.39 is 11.6 Å². The van der Waals surface area contributed by atoms with Crippen LogP contribution in [0.3, 0.4) is 0 Å². The molecule has 0 saturated heterocycles. The molecule has 0 amide bonds. The van der Waals surface area contributed by atoms with Crippen molar-refractivity contribution in [3.05, 3.63) is 54.0 Å². The Kier molecular flexibility index (Phi) is 4.52. The maximum absolute atomic E-state index is 12.9. The summed E-state index contributed by atoms with van der Waals surface area (Å²) in [6.45, 7) is 2.90. The Labute approximate surface area is 110 Å². The molecule has 0 aliphatic heterocycles. The highest BCUT2D eigenvalue weighted by atomic mass is 19.2. The van der Waals surface area contributed by atoms with Crippen molar-refractivity contribution >= 4 is 0 Å². The van der Waals surface area contributed by atoms with Crippen molar-refractivity contribution in [1.29, 1.82) is 0 Å². The largest absolute Gasteiger partial charge is 0.492 e. The van der Waals surface area contributed by atoms with Crippen LogP contribution < -0.4 is 10.1 Å². The molecular formula is C14H15F2NO2. The van der Waals surface area contributed by atoms with Crippen LogP contribution in [0.4, 0.5) is 8.78 Å². The Balaban J connectivity index is 1.73. The van der Waals surface area contributed by atoms with Gasteiger partial charge >= 0.3 is 0 Å². The molecule has 0 saturated carbocycles. The summed E-state index contributed by atoms with van der Waals surface area (Å²) >= 11 is 0. The Morgan fingerprint density at radius 1 is 1.26 bits per heavy atom. The summed E-state index contributed by atoms with van der Waals surface area (Å²) in [5, 5.41) is 3.19. The molecule has 19 heavy (non-hydrogen) atoms. The lowest BCUT2D eigenvalue weighted by atomic mass is 10.2. The van der Waals surface area contributed by atoms with Crippen LogP contribution in [0, 0.1) is 11.6 Å². The summed E-state index contributed by atoms with van der Waals surface area (Å²) in [5.74, 6) is -0.634. The summed E-state index contributed by atoms with van der Waals surface area (Å²) < 4.78 is 36.2. The van der Waals surface area contributed by atoms with Crippen molar-refractivity contribution in [3.63, 3.8) is 0 Å². The Bertz CT molecular complexity index is 514. The zero-order valence-corrected chi connectivity index (χ0v) is 10.5. The maximum atomic E-state index is 12.9. The average molecular weight is 267 g/mol. The van der Waals surface area contributed by atoms with Gasteiger partial charge in [-0.2, -0.15) is 0 Å². The summed E-state index contributed by atoms with van der Waals surface area (Å²) in [6.07, 6.45) is 1.62. The molecule has 3 nitrogen and oxygen atoms in total. The molecule has 1 N–H and O–H groups in total. The first-order valence-corrected chi connectivity index (χ1v) is 6.01. The van der Waals surface area contributed by atoms with E-state index in [4.69, 9.17) is 9.15 Å². The zero-order valence-electron chi connectivity index (χ0n) is 10.5. The van der Waals surface area contributed by atoms with E-state index in [0.717, 1.165) is 17.9 Å². The van der Waals surface area contributed by atoms with Gasteiger partial charge in [0.2, 0.25) is 0 Å². The van der Waals surface area contributed by atoms with Crippen LogP contribution in [0.1, 0.15) is 18.7 Å². The number of hydrogen-bond acceptors (Lipinski definition) is 3. The fraction of sp³-hybridized carbons (Fsp3) is 0.286. The summed E-state index contributed by atoms with van der Waals surface area (Å²) in [4.78, 5) is 0. The topological polar surface area (TPSA) is 34.4 Å². The number of ether oxygens (including phenoxy) is 1. The monoisotopic (exact) mass is 267 g/mol. The van der Waals surface area contributed by atoms with E-state index in [1.165, 1.54) is 6.07 Å². The molecule has 0 aliphatic carbocycles. The quantitative estimate of drug-likeness (QED) is 0.815. The Morgan fingerprint density at radius 3 is 2.79 bits per heavy atom. The van der Waals surface area contributed by atoms with Gasteiger partial charge < -0.3 is 14.5 Å². The molecule has 0 radical (unpaired) electrons. The highest BCUT2D eigenvalue weighted by molar-refractivity contribution is 5.23. The maximum Gasteiger partial charge on any atom is 0.162 e. The van der Waals surface area contributed by atoms with E-state index in [2.05, 4.69) is 5.32 Å². The van der Waals surface area contributed by atoms with Crippen LogP contribution >= 0.6 is 0 Å². The van der Waals surface area contributed by atoms with Crippen LogP contribution in [0.15, 0.2) is 41.0 Å². The van der Waals surface area contributed by atoms with Gasteiger partial charge in [0.15, 0.2) is 11.6 Å². The van der Waals surface area contributed by atoms with Gasteiger partial charge in [0.05, 0.1) is 12.3 Å². The highest BCUT2D eigenvalue weighted by Crippen LogP contribution is 2.15. The van der Waals surface area contributed by atoms with Crippen molar-refractivity contribution < 1.29 is 17.9 Å². The van der Waals surface area contributed by atoms with Gasteiger partial charge in [-0.3, -0.25) is 0 Å². The summed E-state index contributed by atoms with van der Waals surface area (Å²) in [5.41, 5.74) is 0.